The van der Waals surface area contributed by atoms with Crippen LogP contribution < -0.4 is 4.74 Å². The van der Waals surface area contributed by atoms with Gasteiger partial charge in [0, 0.05) is 5.56 Å². The van der Waals surface area contributed by atoms with Crippen LogP contribution in [0.2, 0.25) is 10.0 Å². The third-order valence-corrected chi connectivity index (χ3v) is 2.16. The molecule has 0 aromatic heterocycles. The van der Waals surface area contributed by atoms with Gasteiger partial charge in [0.2, 0.25) is 0 Å². The zero-order chi connectivity index (χ0) is 9.14. The first-order valence-electron chi connectivity index (χ1n) is 3.17. The van der Waals surface area contributed by atoms with Crippen molar-refractivity contribution in [1.82, 2.24) is 0 Å². The summed E-state index contributed by atoms with van der Waals surface area (Å²) < 4.78 is 4.89. The smallest absolute Gasteiger partial charge is 0.150 e. The lowest BCUT2D eigenvalue weighted by Gasteiger charge is -2.04. The van der Waals surface area contributed by atoms with Gasteiger partial charge in [-0.3, -0.25) is 4.79 Å². The first kappa shape index (κ1) is 9.36. The Bertz CT molecular complexity index is 310. The molecule has 0 aliphatic carbocycles. The van der Waals surface area contributed by atoms with Crippen LogP contribution in [0.5, 0.6) is 5.75 Å². The lowest BCUT2D eigenvalue weighted by atomic mass is 10.2. The fourth-order valence-electron chi connectivity index (χ4n) is 0.800. The number of methoxy groups -OCH3 is 1. The van der Waals surface area contributed by atoms with Crippen molar-refractivity contribution in [2.24, 2.45) is 0 Å². The fraction of sp³-hybridized carbons (Fsp3) is 0.125. The van der Waals surface area contributed by atoms with Crippen molar-refractivity contribution in [2.75, 3.05) is 7.11 Å². The molecular formula is C8H6Cl2O2. The number of aldehydes is 1. The van der Waals surface area contributed by atoms with E-state index in [1.54, 1.807) is 0 Å². The SMILES string of the molecule is COc1cc(C=O)cc(Cl)c1Cl. The van der Waals surface area contributed by atoms with E-state index < -0.39 is 0 Å². The molecule has 0 bridgehead atoms. The van der Waals surface area contributed by atoms with Crippen molar-refractivity contribution in [1.29, 1.82) is 0 Å². The maximum absolute atomic E-state index is 10.4. The van der Waals surface area contributed by atoms with Crippen LogP contribution in [0.1, 0.15) is 10.4 Å². The van der Waals surface area contributed by atoms with E-state index in [1.807, 2.05) is 0 Å². The average Bonchev–Trinajstić information content (AvgIpc) is 2.09. The monoisotopic (exact) mass is 204 g/mol. The van der Waals surface area contributed by atoms with Gasteiger partial charge in [0.05, 0.1) is 12.1 Å². The molecule has 0 radical (unpaired) electrons. The van der Waals surface area contributed by atoms with Gasteiger partial charge >= 0.3 is 0 Å². The van der Waals surface area contributed by atoms with E-state index >= 15 is 0 Å². The molecule has 0 saturated carbocycles. The number of halogens is 2. The maximum Gasteiger partial charge on any atom is 0.150 e. The quantitative estimate of drug-likeness (QED) is 0.694. The number of benzene rings is 1. The average molecular weight is 205 g/mol. The van der Waals surface area contributed by atoms with Gasteiger partial charge in [-0.1, -0.05) is 23.2 Å². The van der Waals surface area contributed by atoms with Crippen LogP contribution in [0.15, 0.2) is 12.1 Å². The highest BCUT2D eigenvalue weighted by Crippen LogP contribution is 2.32. The lowest BCUT2D eigenvalue weighted by Crippen LogP contribution is -1.88. The van der Waals surface area contributed by atoms with E-state index in [4.69, 9.17) is 27.9 Å². The van der Waals surface area contributed by atoms with E-state index in [0.29, 0.717) is 27.6 Å². The second-order valence-electron chi connectivity index (χ2n) is 2.14. The van der Waals surface area contributed by atoms with Crippen molar-refractivity contribution in [3.8, 4) is 5.75 Å². The normalized spacial score (nSPS) is 9.58. The number of carbonyl (C=O) groups is 1. The van der Waals surface area contributed by atoms with Gasteiger partial charge in [-0.15, -0.1) is 0 Å². The molecule has 0 saturated heterocycles. The van der Waals surface area contributed by atoms with Gasteiger partial charge in [0.1, 0.15) is 17.1 Å². The molecule has 0 heterocycles. The molecule has 2 nitrogen and oxygen atoms in total. The maximum atomic E-state index is 10.4. The zero-order valence-electron chi connectivity index (χ0n) is 6.30. The molecule has 1 aromatic carbocycles. The summed E-state index contributed by atoms with van der Waals surface area (Å²) in [7, 11) is 1.46. The zero-order valence-corrected chi connectivity index (χ0v) is 7.82. The Morgan fingerprint density at radius 3 is 2.58 bits per heavy atom. The molecule has 4 heteroatoms. The molecule has 0 atom stereocenters. The van der Waals surface area contributed by atoms with Crippen LogP contribution in [-0.2, 0) is 0 Å². The molecule has 0 fully saturated rings. The van der Waals surface area contributed by atoms with Gasteiger partial charge in [0.15, 0.2) is 0 Å². The molecular weight excluding hydrogens is 199 g/mol. The first-order valence-corrected chi connectivity index (χ1v) is 3.93. The standard InChI is InChI=1S/C8H6Cl2O2/c1-12-7-3-5(4-11)2-6(9)8(7)10/h2-4H,1H3. The number of hydrogen-bond donors (Lipinski definition) is 0. The van der Waals surface area contributed by atoms with E-state index in [2.05, 4.69) is 0 Å². The predicted octanol–water partition coefficient (Wildman–Crippen LogP) is 2.81. The van der Waals surface area contributed by atoms with Crippen LogP contribution in [0.4, 0.5) is 0 Å². The third-order valence-electron chi connectivity index (χ3n) is 1.37. The Hall–Kier alpha value is -0.730. The van der Waals surface area contributed by atoms with Gasteiger partial charge in [-0.05, 0) is 12.1 Å². The van der Waals surface area contributed by atoms with E-state index in [-0.39, 0.29) is 0 Å². The van der Waals surface area contributed by atoms with Gasteiger partial charge in [-0.2, -0.15) is 0 Å². The minimum Gasteiger partial charge on any atom is -0.495 e. The molecule has 0 amide bonds. The Balaban J connectivity index is 3.28. The third kappa shape index (κ3) is 1.71. The Morgan fingerprint density at radius 1 is 1.42 bits per heavy atom. The summed E-state index contributed by atoms with van der Waals surface area (Å²) in [4.78, 5) is 10.4. The highest BCUT2D eigenvalue weighted by atomic mass is 35.5. The molecule has 1 rings (SSSR count). The second-order valence-corrected chi connectivity index (χ2v) is 2.92. The van der Waals surface area contributed by atoms with Crippen LogP contribution in [0.3, 0.4) is 0 Å². The molecule has 0 spiro atoms. The lowest BCUT2D eigenvalue weighted by molar-refractivity contribution is 0.112. The van der Waals surface area contributed by atoms with Gasteiger partial charge in [-0.25, -0.2) is 0 Å². The molecule has 0 unspecified atom stereocenters. The summed E-state index contributed by atoms with van der Waals surface area (Å²) >= 11 is 11.5. The summed E-state index contributed by atoms with van der Waals surface area (Å²) in [6.07, 6.45) is 0.685. The van der Waals surface area contributed by atoms with Crippen molar-refractivity contribution >= 4 is 29.5 Å². The van der Waals surface area contributed by atoms with Crippen LogP contribution >= 0.6 is 23.2 Å². The second kappa shape index (κ2) is 3.78. The first-order chi connectivity index (χ1) is 5.69. The summed E-state index contributed by atoms with van der Waals surface area (Å²) in [5.74, 6) is 0.409. The summed E-state index contributed by atoms with van der Waals surface area (Å²) in [5.41, 5.74) is 0.446. The molecule has 1 aromatic rings. The Morgan fingerprint density at radius 2 is 2.08 bits per heavy atom. The highest BCUT2D eigenvalue weighted by Gasteiger charge is 2.06. The van der Waals surface area contributed by atoms with Gasteiger partial charge < -0.3 is 4.74 Å². The molecule has 0 aliphatic rings. The summed E-state index contributed by atoms with van der Waals surface area (Å²) in [5, 5.41) is 0.642. The summed E-state index contributed by atoms with van der Waals surface area (Å²) in [6, 6.07) is 3.01. The minimum atomic E-state index is 0.318. The number of rotatable bonds is 2. The predicted molar refractivity (Wildman–Crippen MR) is 48.4 cm³/mol. The van der Waals surface area contributed by atoms with Gasteiger partial charge in [0.25, 0.3) is 0 Å². The van der Waals surface area contributed by atoms with Crippen LogP contribution in [-0.4, -0.2) is 13.4 Å². The van der Waals surface area contributed by atoms with E-state index in [1.165, 1.54) is 19.2 Å². The minimum absolute atomic E-state index is 0.318. The topological polar surface area (TPSA) is 26.3 Å². The Kier molecular flexibility index (Phi) is 2.95. The number of carbonyl (C=O) groups excluding carboxylic acids is 1. The Labute approximate surface area is 80.0 Å². The van der Waals surface area contributed by atoms with Crippen molar-refractivity contribution in [3.05, 3.63) is 27.7 Å². The fourth-order valence-corrected chi connectivity index (χ4v) is 1.21. The van der Waals surface area contributed by atoms with E-state index in [0.717, 1.165) is 0 Å². The molecule has 12 heavy (non-hydrogen) atoms. The van der Waals surface area contributed by atoms with Crippen molar-refractivity contribution < 1.29 is 9.53 Å². The van der Waals surface area contributed by atoms with Crippen molar-refractivity contribution in [2.45, 2.75) is 0 Å². The summed E-state index contributed by atoms with van der Waals surface area (Å²) in [6.45, 7) is 0. The largest absolute Gasteiger partial charge is 0.495 e. The number of ether oxygens (including phenoxy) is 1. The van der Waals surface area contributed by atoms with Crippen LogP contribution in [0.25, 0.3) is 0 Å². The molecule has 0 N–H and O–H groups in total. The molecule has 0 aliphatic heterocycles. The van der Waals surface area contributed by atoms with Crippen molar-refractivity contribution in [3.63, 3.8) is 0 Å². The molecule has 64 valence electrons. The van der Waals surface area contributed by atoms with E-state index in [9.17, 15) is 4.79 Å². The highest BCUT2D eigenvalue weighted by molar-refractivity contribution is 6.43. The number of hydrogen-bond acceptors (Lipinski definition) is 2. The van der Waals surface area contributed by atoms with Crippen LogP contribution in [0, 0.1) is 0 Å².